The second kappa shape index (κ2) is 7.32. The van der Waals surface area contributed by atoms with Crippen LogP contribution in [-0.4, -0.2) is 43.1 Å². The van der Waals surface area contributed by atoms with E-state index in [1.54, 1.807) is 0 Å². The molecule has 3 rings (SSSR count). The molecule has 0 unspecified atom stereocenters. The highest BCUT2D eigenvalue weighted by Gasteiger charge is 2.20. The molecular formula is C16H17F2N3O3S. The highest BCUT2D eigenvalue weighted by Crippen LogP contribution is 2.31. The first-order chi connectivity index (χ1) is 12.0. The first-order valence-corrected chi connectivity index (χ1v) is 8.39. The van der Waals surface area contributed by atoms with Gasteiger partial charge in [-0.15, -0.1) is 11.3 Å². The van der Waals surface area contributed by atoms with Crippen molar-refractivity contribution in [2.45, 2.75) is 19.6 Å². The van der Waals surface area contributed by atoms with E-state index >= 15 is 0 Å². The highest BCUT2D eigenvalue weighted by atomic mass is 32.1. The number of ether oxygens (including phenoxy) is 2. The van der Waals surface area contributed by atoms with E-state index in [0.717, 1.165) is 30.1 Å². The summed E-state index contributed by atoms with van der Waals surface area (Å²) < 4.78 is 34.3. The Morgan fingerprint density at radius 3 is 2.92 bits per heavy atom. The zero-order valence-electron chi connectivity index (χ0n) is 13.7. The minimum atomic E-state index is -3.00. The minimum absolute atomic E-state index is 0.129. The van der Waals surface area contributed by atoms with E-state index in [-0.39, 0.29) is 17.1 Å². The van der Waals surface area contributed by atoms with Gasteiger partial charge in [0.2, 0.25) is 0 Å². The standard InChI is InChI=1S/C16H17F2N3O3S/c1-21-6-5-10-13(8-21)25-16(19-10)20-14(22)9-3-4-11(23-2)12(7-9)24-15(17)18/h3-4,7,15H,5-6,8H2,1-2H3,(H,19,20,22). The molecule has 1 amide bonds. The summed E-state index contributed by atoms with van der Waals surface area (Å²) in [6.45, 7) is -1.27. The summed E-state index contributed by atoms with van der Waals surface area (Å²) in [6, 6.07) is 4.11. The summed E-state index contributed by atoms with van der Waals surface area (Å²) in [5.41, 5.74) is 1.18. The van der Waals surface area contributed by atoms with Gasteiger partial charge in [0, 0.05) is 30.0 Å². The van der Waals surface area contributed by atoms with Crippen LogP contribution in [0.1, 0.15) is 20.9 Å². The lowest BCUT2D eigenvalue weighted by Gasteiger charge is -2.20. The van der Waals surface area contributed by atoms with E-state index < -0.39 is 12.5 Å². The molecule has 1 aliphatic rings. The molecule has 1 aromatic heterocycles. The van der Waals surface area contributed by atoms with Crippen LogP contribution in [0.2, 0.25) is 0 Å². The number of thiazole rings is 1. The number of hydrogen-bond donors (Lipinski definition) is 1. The SMILES string of the molecule is COc1ccc(C(=O)Nc2nc3c(s2)CN(C)CC3)cc1OC(F)F. The van der Waals surface area contributed by atoms with Gasteiger partial charge >= 0.3 is 6.61 Å². The van der Waals surface area contributed by atoms with E-state index in [1.165, 1.54) is 36.6 Å². The molecule has 0 bridgehead atoms. The number of carbonyl (C=O) groups is 1. The van der Waals surface area contributed by atoms with Crippen LogP contribution in [0.25, 0.3) is 0 Å². The second-order valence-corrected chi connectivity index (χ2v) is 6.66. The van der Waals surface area contributed by atoms with E-state index in [9.17, 15) is 13.6 Å². The van der Waals surface area contributed by atoms with Crippen LogP contribution >= 0.6 is 11.3 Å². The Labute approximate surface area is 147 Å². The van der Waals surface area contributed by atoms with Gasteiger partial charge < -0.3 is 14.4 Å². The Bertz CT molecular complexity index is 782. The molecule has 134 valence electrons. The molecule has 25 heavy (non-hydrogen) atoms. The lowest BCUT2D eigenvalue weighted by atomic mass is 10.2. The number of benzene rings is 1. The lowest BCUT2D eigenvalue weighted by Crippen LogP contribution is -2.25. The van der Waals surface area contributed by atoms with Gasteiger partial charge in [0.05, 0.1) is 12.8 Å². The summed E-state index contributed by atoms with van der Waals surface area (Å²) in [6.07, 6.45) is 0.840. The van der Waals surface area contributed by atoms with Gasteiger partial charge in [-0.2, -0.15) is 8.78 Å². The third kappa shape index (κ3) is 4.05. The molecule has 6 nitrogen and oxygen atoms in total. The third-order valence-electron chi connectivity index (χ3n) is 3.78. The number of nitrogens with one attached hydrogen (secondary N) is 1. The second-order valence-electron chi connectivity index (χ2n) is 5.57. The number of likely N-dealkylation sites (N-methyl/N-ethyl adjacent to an activating group) is 1. The first-order valence-electron chi connectivity index (χ1n) is 7.57. The van der Waals surface area contributed by atoms with Crippen LogP contribution in [0, 0.1) is 0 Å². The van der Waals surface area contributed by atoms with Crippen molar-refractivity contribution in [1.29, 1.82) is 0 Å². The van der Waals surface area contributed by atoms with Gasteiger partial charge in [-0.3, -0.25) is 10.1 Å². The average molecular weight is 369 g/mol. The summed E-state index contributed by atoms with van der Waals surface area (Å²) in [4.78, 5) is 20.1. The molecule has 0 fully saturated rings. The Morgan fingerprint density at radius 1 is 1.40 bits per heavy atom. The largest absolute Gasteiger partial charge is 0.493 e. The molecule has 2 heterocycles. The average Bonchev–Trinajstić information content (AvgIpc) is 2.95. The summed E-state index contributed by atoms with van der Waals surface area (Å²) in [5, 5.41) is 3.21. The van der Waals surface area contributed by atoms with Crippen molar-refractivity contribution in [3.63, 3.8) is 0 Å². The van der Waals surface area contributed by atoms with Gasteiger partial charge in [0.25, 0.3) is 5.91 Å². The summed E-state index contributed by atoms with van der Waals surface area (Å²) in [7, 11) is 3.37. The number of carbonyl (C=O) groups excluding carboxylic acids is 1. The molecule has 0 atom stereocenters. The number of nitrogens with zero attached hydrogens (tertiary/aromatic N) is 2. The number of halogens is 2. The van der Waals surface area contributed by atoms with Gasteiger partial charge in [0.1, 0.15) is 0 Å². The monoisotopic (exact) mass is 369 g/mol. The Kier molecular flexibility index (Phi) is 5.14. The molecule has 2 aromatic rings. The molecule has 1 N–H and O–H groups in total. The molecule has 0 radical (unpaired) electrons. The number of fused-ring (bicyclic) bond motifs is 1. The normalized spacial score (nSPS) is 14.3. The van der Waals surface area contributed by atoms with E-state index in [0.29, 0.717) is 5.13 Å². The molecule has 0 saturated carbocycles. The maximum Gasteiger partial charge on any atom is 0.387 e. The fourth-order valence-electron chi connectivity index (χ4n) is 2.55. The van der Waals surface area contributed by atoms with Crippen LogP contribution in [0.4, 0.5) is 13.9 Å². The van der Waals surface area contributed by atoms with Crippen molar-refractivity contribution >= 4 is 22.4 Å². The molecule has 0 aliphatic carbocycles. The predicted molar refractivity (Wildman–Crippen MR) is 89.7 cm³/mol. The molecule has 1 aliphatic heterocycles. The van der Waals surface area contributed by atoms with Crippen LogP contribution < -0.4 is 14.8 Å². The van der Waals surface area contributed by atoms with Gasteiger partial charge in [0.15, 0.2) is 16.6 Å². The van der Waals surface area contributed by atoms with Crippen molar-refractivity contribution in [2.75, 3.05) is 26.0 Å². The van der Waals surface area contributed by atoms with E-state index in [4.69, 9.17) is 4.74 Å². The highest BCUT2D eigenvalue weighted by molar-refractivity contribution is 7.15. The quantitative estimate of drug-likeness (QED) is 0.878. The number of anilines is 1. The van der Waals surface area contributed by atoms with Crippen molar-refractivity contribution < 1.29 is 23.0 Å². The summed E-state index contributed by atoms with van der Waals surface area (Å²) >= 11 is 1.42. The van der Waals surface area contributed by atoms with Crippen molar-refractivity contribution in [1.82, 2.24) is 9.88 Å². The van der Waals surface area contributed by atoms with Gasteiger partial charge in [-0.25, -0.2) is 4.98 Å². The molecule has 0 saturated heterocycles. The van der Waals surface area contributed by atoms with Crippen molar-refractivity contribution in [2.24, 2.45) is 0 Å². The Balaban J connectivity index is 1.77. The maximum absolute atomic E-state index is 12.5. The van der Waals surface area contributed by atoms with E-state index in [1.807, 2.05) is 7.05 Å². The molecular weight excluding hydrogens is 352 g/mol. The molecule has 0 spiro atoms. The number of aromatic nitrogens is 1. The topological polar surface area (TPSA) is 63.7 Å². The fraction of sp³-hybridized carbons (Fsp3) is 0.375. The minimum Gasteiger partial charge on any atom is -0.493 e. The van der Waals surface area contributed by atoms with Crippen LogP contribution in [-0.2, 0) is 13.0 Å². The number of methoxy groups -OCH3 is 1. The van der Waals surface area contributed by atoms with E-state index in [2.05, 4.69) is 19.9 Å². The lowest BCUT2D eigenvalue weighted by molar-refractivity contribution is -0.0512. The predicted octanol–water partition coefficient (Wildman–Crippen LogP) is 2.99. The smallest absolute Gasteiger partial charge is 0.387 e. The third-order valence-corrected chi connectivity index (χ3v) is 4.78. The number of amides is 1. The van der Waals surface area contributed by atoms with Crippen molar-refractivity contribution in [3.8, 4) is 11.5 Å². The number of hydrogen-bond acceptors (Lipinski definition) is 6. The van der Waals surface area contributed by atoms with Crippen LogP contribution in [0.15, 0.2) is 18.2 Å². The van der Waals surface area contributed by atoms with Gasteiger partial charge in [-0.05, 0) is 25.2 Å². The first kappa shape index (κ1) is 17.6. The zero-order valence-corrected chi connectivity index (χ0v) is 14.5. The number of alkyl halides is 2. The number of rotatable bonds is 5. The van der Waals surface area contributed by atoms with Gasteiger partial charge in [-0.1, -0.05) is 0 Å². The van der Waals surface area contributed by atoms with Crippen molar-refractivity contribution in [3.05, 3.63) is 34.3 Å². The Morgan fingerprint density at radius 2 is 2.20 bits per heavy atom. The molecule has 1 aromatic carbocycles. The maximum atomic E-state index is 12.5. The fourth-order valence-corrected chi connectivity index (χ4v) is 3.64. The van der Waals surface area contributed by atoms with Crippen LogP contribution in [0.5, 0.6) is 11.5 Å². The zero-order chi connectivity index (χ0) is 18.0. The Hall–Kier alpha value is -2.26. The van der Waals surface area contributed by atoms with Crippen LogP contribution in [0.3, 0.4) is 0 Å². The summed E-state index contributed by atoms with van der Waals surface area (Å²) in [5.74, 6) is -0.504. The molecule has 9 heteroatoms.